The fourth-order valence-corrected chi connectivity index (χ4v) is 6.05. The van der Waals surface area contributed by atoms with Gasteiger partial charge in [0.2, 0.25) is 0 Å². The van der Waals surface area contributed by atoms with Crippen LogP contribution >= 0.6 is 11.3 Å². The molecule has 0 spiro atoms. The van der Waals surface area contributed by atoms with Crippen molar-refractivity contribution in [2.75, 3.05) is 13.1 Å². The molecule has 2 aliphatic rings. The van der Waals surface area contributed by atoms with E-state index in [0.717, 1.165) is 37.3 Å². The lowest BCUT2D eigenvalue weighted by Gasteiger charge is -2.42. The molecule has 3 aromatic heterocycles. The van der Waals surface area contributed by atoms with Gasteiger partial charge in [-0.3, -0.25) is 14.5 Å². The zero-order chi connectivity index (χ0) is 21.8. The number of carbonyl (C=O) groups is 1. The Bertz CT molecular complexity index is 1380. The Labute approximate surface area is 188 Å². The zero-order valence-corrected chi connectivity index (χ0v) is 18.2. The highest BCUT2D eigenvalue weighted by molar-refractivity contribution is 7.08. The standard InChI is InChI=1S/C25H22N2O4S/c28-21-4-5-22-24(19(13-31-22)25(30)16-6-7-32-14-16)18(21)12-26-9-15-8-17(11-26)20-2-1-3-23(29)27(20)10-15/h1-7,13-15,17,28H,8-12H2. The summed E-state index contributed by atoms with van der Waals surface area (Å²) in [6.45, 7) is 2.91. The summed E-state index contributed by atoms with van der Waals surface area (Å²) in [4.78, 5) is 27.7. The van der Waals surface area contributed by atoms with Gasteiger partial charge in [0, 0.05) is 65.8 Å². The van der Waals surface area contributed by atoms with Crippen LogP contribution in [0.25, 0.3) is 11.0 Å². The Morgan fingerprint density at radius 1 is 1.16 bits per heavy atom. The number of phenolic OH excluding ortho intramolecular Hbond substituents is 1. The summed E-state index contributed by atoms with van der Waals surface area (Å²) in [6.07, 6.45) is 2.57. The number of aromatic nitrogens is 1. The summed E-state index contributed by atoms with van der Waals surface area (Å²) in [5.74, 6) is 0.749. The molecule has 0 radical (unpaired) electrons. The molecule has 1 fully saturated rings. The number of hydrogen-bond acceptors (Lipinski definition) is 6. The fourth-order valence-electron chi connectivity index (χ4n) is 5.41. The molecule has 1 N–H and O–H groups in total. The van der Waals surface area contributed by atoms with Gasteiger partial charge in [-0.25, -0.2) is 0 Å². The van der Waals surface area contributed by atoms with Gasteiger partial charge in [0.1, 0.15) is 17.6 Å². The number of furan rings is 1. The number of hydrogen-bond donors (Lipinski definition) is 1. The third-order valence-corrected chi connectivity index (χ3v) is 7.47. The first-order chi connectivity index (χ1) is 15.6. The third-order valence-electron chi connectivity index (χ3n) is 6.79. The van der Waals surface area contributed by atoms with Crippen molar-refractivity contribution in [1.29, 1.82) is 0 Å². The number of carbonyl (C=O) groups excluding carboxylic acids is 1. The number of piperidine rings is 1. The van der Waals surface area contributed by atoms with E-state index in [2.05, 4.69) is 11.0 Å². The van der Waals surface area contributed by atoms with E-state index in [1.165, 1.54) is 17.6 Å². The van der Waals surface area contributed by atoms with E-state index in [1.54, 1.807) is 24.3 Å². The molecule has 2 unspecified atom stereocenters. The van der Waals surface area contributed by atoms with Crippen molar-refractivity contribution >= 4 is 28.1 Å². The van der Waals surface area contributed by atoms with Crippen molar-refractivity contribution in [2.45, 2.75) is 25.4 Å². The van der Waals surface area contributed by atoms with Gasteiger partial charge in [-0.1, -0.05) is 6.07 Å². The smallest absolute Gasteiger partial charge is 0.250 e. The SMILES string of the molecule is O=C(c1ccsc1)c1coc2ccc(O)c(CN3CC4CC(C3)c3cccc(=O)n3C4)c12. The summed E-state index contributed by atoms with van der Waals surface area (Å²) in [6, 6.07) is 10.7. The predicted molar refractivity (Wildman–Crippen MR) is 122 cm³/mol. The van der Waals surface area contributed by atoms with E-state index in [9.17, 15) is 14.7 Å². The van der Waals surface area contributed by atoms with Crippen molar-refractivity contribution in [3.05, 3.63) is 86.2 Å². The Balaban J connectivity index is 1.36. The molecular formula is C25H22N2O4S. The van der Waals surface area contributed by atoms with Gasteiger partial charge in [0.15, 0.2) is 5.78 Å². The molecular weight excluding hydrogens is 424 g/mol. The van der Waals surface area contributed by atoms with Crippen LogP contribution in [0.2, 0.25) is 0 Å². The number of nitrogens with zero attached hydrogens (tertiary/aromatic N) is 2. The molecule has 7 heteroatoms. The molecule has 1 saturated heterocycles. The lowest BCUT2D eigenvalue weighted by Crippen LogP contribution is -2.46. The van der Waals surface area contributed by atoms with Crippen LogP contribution in [0.5, 0.6) is 5.75 Å². The van der Waals surface area contributed by atoms with E-state index in [4.69, 9.17) is 4.42 Å². The Kier molecular flexibility index (Phi) is 4.55. The van der Waals surface area contributed by atoms with Crippen LogP contribution < -0.4 is 5.56 Å². The van der Waals surface area contributed by atoms with Crippen LogP contribution in [-0.4, -0.2) is 33.4 Å². The monoisotopic (exact) mass is 446 g/mol. The highest BCUT2D eigenvalue weighted by Crippen LogP contribution is 2.38. The average molecular weight is 447 g/mol. The minimum Gasteiger partial charge on any atom is -0.508 e. The van der Waals surface area contributed by atoms with E-state index in [-0.39, 0.29) is 23.0 Å². The van der Waals surface area contributed by atoms with E-state index in [1.807, 2.05) is 21.4 Å². The zero-order valence-electron chi connectivity index (χ0n) is 17.4. The Morgan fingerprint density at radius 3 is 2.91 bits per heavy atom. The highest BCUT2D eigenvalue weighted by atomic mass is 32.1. The maximum absolute atomic E-state index is 13.1. The van der Waals surface area contributed by atoms with Crippen LogP contribution in [0.4, 0.5) is 0 Å². The minimum absolute atomic E-state index is 0.0723. The van der Waals surface area contributed by atoms with Gasteiger partial charge in [-0.15, -0.1) is 0 Å². The van der Waals surface area contributed by atoms with Crippen molar-refractivity contribution in [1.82, 2.24) is 9.47 Å². The molecule has 2 aliphatic heterocycles. The largest absolute Gasteiger partial charge is 0.508 e. The average Bonchev–Trinajstić information content (AvgIpc) is 3.46. The number of phenols is 1. The number of ketones is 1. The molecule has 2 atom stereocenters. The van der Waals surface area contributed by atoms with Gasteiger partial charge < -0.3 is 14.1 Å². The van der Waals surface area contributed by atoms with Crippen molar-refractivity contribution < 1.29 is 14.3 Å². The molecule has 6 nitrogen and oxygen atoms in total. The molecule has 32 heavy (non-hydrogen) atoms. The summed E-state index contributed by atoms with van der Waals surface area (Å²) < 4.78 is 7.62. The lowest BCUT2D eigenvalue weighted by molar-refractivity contribution is 0.103. The molecule has 6 rings (SSSR count). The normalized spacial score (nSPS) is 20.4. The van der Waals surface area contributed by atoms with E-state index < -0.39 is 0 Å². The molecule has 0 saturated carbocycles. The maximum Gasteiger partial charge on any atom is 0.250 e. The molecule has 5 heterocycles. The predicted octanol–water partition coefficient (Wildman–Crippen LogP) is 4.21. The maximum atomic E-state index is 13.1. The van der Waals surface area contributed by atoms with E-state index in [0.29, 0.717) is 34.6 Å². The first-order valence-corrected chi connectivity index (χ1v) is 11.7. The second kappa shape index (κ2) is 7.46. The van der Waals surface area contributed by atoms with Crippen LogP contribution in [0.1, 0.15) is 39.5 Å². The molecule has 2 bridgehead atoms. The van der Waals surface area contributed by atoms with Gasteiger partial charge in [0.25, 0.3) is 5.56 Å². The van der Waals surface area contributed by atoms with Crippen molar-refractivity contribution in [3.8, 4) is 5.75 Å². The summed E-state index contributed by atoms with van der Waals surface area (Å²) >= 11 is 1.48. The van der Waals surface area contributed by atoms with Crippen molar-refractivity contribution in [2.24, 2.45) is 5.92 Å². The van der Waals surface area contributed by atoms with Crippen LogP contribution in [0, 0.1) is 5.92 Å². The molecule has 1 aromatic carbocycles. The van der Waals surface area contributed by atoms with Gasteiger partial charge in [-0.05, 0) is 42.0 Å². The van der Waals surface area contributed by atoms with Gasteiger partial charge in [-0.2, -0.15) is 11.3 Å². The van der Waals surface area contributed by atoms with Gasteiger partial charge >= 0.3 is 0 Å². The first-order valence-electron chi connectivity index (χ1n) is 10.8. The van der Waals surface area contributed by atoms with Crippen molar-refractivity contribution in [3.63, 3.8) is 0 Å². The second-order valence-corrected chi connectivity index (χ2v) is 9.60. The second-order valence-electron chi connectivity index (χ2n) is 8.82. The highest BCUT2D eigenvalue weighted by Gasteiger charge is 2.35. The van der Waals surface area contributed by atoms with Crippen LogP contribution in [-0.2, 0) is 13.1 Å². The Morgan fingerprint density at radius 2 is 2.06 bits per heavy atom. The quantitative estimate of drug-likeness (QED) is 0.475. The first kappa shape index (κ1) is 19.5. The lowest BCUT2D eigenvalue weighted by atomic mass is 9.83. The minimum atomic E-state index is -0.0966. The van der Waals surface area contributed by atoms with Crippen LogP contribution in [0.3, 0.4) is 0 Å². The number of fused-ring (bicyclic) bond motifs is 5. The number of benzene rings is 1. The summed E-state index contributed by atoms with van der Waals surface area (Å²) in [5, 5.41) is 15.2. The number of pyridine rings is 1. The van der Waals surface area contributed by atoms with Gasteiger partial charge in [0.05, 0.1) is 5.56 Å². The third kappa shape index (κ3) is 3.12. The topological polar surface area (TPSA) is 75.7 Å². The number of aromatic hydroxyl groups is 1. The van der Waals surface area contributed by atoms with Crippen LogP contribution in [0.15, 0.2) is 62.6 Å². The molecule has 0 amide bonds. The number of rotatable bonds is 4. The Hall–Kier alpha value is -3.16. The summed E-state index contributed by atoms with van der Waals surface area (Å²) in [7, 11) is 0. The molecule has 4 aromatic rings. The number of thiophene rings is 1. The molecule has 0 aliphatic carbocycles. The summed E-state index contributed by atoms with van der Waals surface area (Å²) in [5.41, 5.74) is 3.60. The fraction of sp³-hybridized carbons (Fsp3) is 0.280. The molecule has 162 valence electrons. The van der Waals surface area contributed by atoms with E-state index >= 15 is 0 Å². The number of likely N-dealkylation sites (tertiary alicyclic amines) is 1.